The van der Waals surface area contributed by atoms with Crippen LogP contribution in [0, 0.1) is 17.7 Å². The second-order valence-electron chi connectivity index (χ2n) is 11.3. The van der Waals surface area contributed by atoms with Gasteiger partial charge in [-0.15, -0.1) is 11.3 Å². The van der Waals surface area contributed by atoms with Gasteiger partial charge >= 0.3 is 12.8 Å². The van der Waals surface area contributed by atoms with E-state index in [0.717, 1.165) is 18.3 Å². The number of alkyl halides is 6. The summed E-state index contributed by atoms with van der Waals surface area (Å²) < 4.78 is 133. The number of thiophene rings is 1. The molecule has 2 heterocycles. The molecule has 19 heteroatoms. The van der Waals surface area contributed by atoms with Crippen molar-refractivity contribution in [1.29, 1.82) is 0 Å². The summed E-state index contributed by atoms with van der Waals surface area (Å²) in [5.41, 5.74) is -0.175. The number of carbonyl (C=O) groups is 1. The summed E-state index contributed by atoms with van der Waals surface area (Å²) in [4.78, 5) is 11.9. The number of nitrogens with one attached hydrogen (secondary N) is 3. The predicted molar refractivity (Wildman–Crippen MR) is 172 cm³/mol. The van der Waals surface area contributed by atoms with Crippen molar-refractivity contribution in [2.24, 2.45) is 0 Å². The minimum atomic E-state index is -4.77. The number of halogens is 7. The number of fused-ring (bicyclic) bond motifs is 1. The molecule has 0 radical (unpaired) electrons. The number of sulfonamides is 1. The van der Waals surface area contributed by atoms with Crippen LogP contribution in [0.4, 0.5) is 42.1 Å². The lowest BCUT2D eigenvalue weighted by Crippen LogP contribution is -2.50. The normalized spacial score (nSPS) is 17.7. The summed E-state index contributed by atoms with van der Waals surface area (Å²) in [6, 6.07) is 4.96. The number of anilines is 2. The molecule has 1 fully saturated rings. The molecule has 3 atom stereocenters. The Balaban J connectivity index is 1.58. The van der Waals surface area contributed by atoms with Crippen LogP contribution in [0.5, 0.6) is 5.75 Å². The number of piperidine rings is 1. The van der Waals surface area contributed by atoms with Gasteiger partial charge in [0, 0.05) is 45.8 Å². The Hall–Kier alpha value is -3.83. The second kappa shape index (κ2) is 16.5. The first kappa shape index (κ1) is 39.0. The third kappa shape index (κ3) is 10.4. The number of benzene rings is 2. The smallest absolute Gasteiger partial charge is 0.393 e. The Morgan fingerprint density at radius 1 is 1.22 bits per heavy atom. The lowest BCUT2D eigenvalue weighted by molar-refractivity contribution is -0.127. The van der Waals surface area contributed by atoms with Crippen LogP contribution in [0.2, 0.25) is 0 Å². The van der Waals surface area contributed by atoms with E-state index in [9.17, 15) is 44.7 Å². The zero-order chi connectivity index (χ0) is 36.8. The maximum absolute atomic E-state index is 15.2. The molecule has 2 aromatic carbocycles. The molecule has 4 N–H and O–H groups in total. The molecule has 0 bridgehead atoms. The minimum absolute atomic E-state index is 0.0270. The molecule has 1 aliphatic heterocycles. The molecule has 1 amide bonds. The van der Waals surface area contributed by atoms with Crippen molar-refractivity contribution in [2.45, 2.75) is 55.8 Å². The number of methoxy groups -OCH3 is 1. The van der Waals surface area contributed by atoms with Gasteiger partial charge in [0.2, 0.25) is 5.91 Å². The van der Waals surface area contributed by atoms with E-state index in [4.69, 9.17) is 4.74 Å². The SMILES string of the molecule is COCC(O)CN1CCC(Nc2cccc3c(CC(F)(F)F)c(C#CCNc4cc(F)c(S(=O)(=O)NC(C)=O)cc4OC(F)F)sc23)C(F)C1. The molecule has 50 heavy (non-hydrogen) atoms. The number of likely N-dealkylation sites (tertiary alicyclic amines) is 1. The first-order valence-electron chi connectivity index (χ1n) is 14.9. The van der Waals surface area contributed by atoms with Crippen molar-refractivity contribution in [1.82, 2.24) is 9.62 Å². The largest absolute Gasteiger partial charge is 0.433 e. The Morgan fingerprint density at radius 3 is 2.60 bits per heavy atom. The minimum Gasteiger partial charge on any atom is -0.433 e. The Bertz CT molecular complexity index is 1850. The van der Waals surface area contributed by atoms with Crippen LogP contribution in [0.3, 0.4) is 0 Å². The highest BCUT2D eigenvalue weighted by Gasteiger charge is 2.33. The molecule has 1 aliphatic rings. The van der Waals surface area contributed by atoms with Crippen molar-refractivity contribution in [3.05, 3.63) is 46.6 Å². The van der Waals surface area contributed by atoms with Gasteiger partial charge in [-0.2, -0.15) is 22.0 Å². The Labute approximate surface area is 287 Å². The first-order chi connectivity index (χ1) is 23.5. The summed E-state index contributed by atoms with van der Waals surface area (Å²) in [6.45, 7) is -2.22. The maximum atomic E-state index is 15.2. The van der Waals surface area contributed by atoms with E-state index in [2.05, 4.69) is 27.2 Å². The van der Waals surface area contributed by atoms with Crippen LogP contribution in [-0.2, 0) is 26.0 Å². The fraction of sp³-hybridized carbons (Fsp3) is 0.452. The predicted octanol–water partition coefficient (Wildman–Crippen LogP) is 4.87. The molecular weight excluding hydrogens is 721 g/mol. The van der Waals surface area contributed by atoms with Crippen LogP contribution in [0.1, 0.15) is 23.8 Å². The van der Waals surface area contributed by atoms with Gasteiger partial charge in [-0.1, -0.05) is 24.0 Å². The summed E-state index contributed by atoms with van der Waals surface area (Å²) in [5, 5.41) is 15.8. The van der Waals surface area contributed by atoms with Gasteiger partial charge in [0.15, 0.2) is 5.75 Å². The van der Waals surface area contributed by atoms with E-state index in [1.807, 2.05) is 0 Å². The van der Waals surface area contributed by atoms with E-state index in [-0.39, 0.29) is 35.5 Å². The molecular formula is C31H33F7N4O6S2. The molecule has 1 aromatic heterocycles. The Kier molecular flexibility index (Phi) is 12.8. The number of ether oxygens (including phenoxy) is 2. The fourth-order valence-corrected chi connectivity index (χ4v) is 7.62. The average molecular weight is 755 g/mol. The number of hydrogen-bond acceptors (Lipinski definition) is 10. The van der Waals surface area contributed by atoms with Crippen molar-refractivity contribution in [3.8, 4) is 17.6 Å². The number of aliphatic hydroxyl groups excluding tert-OH is 1. The summed E-state index contributed by atoms with van der Waals surface area (Å²) >= 11 is 0.936. The van der Waals surface area contributed by atoms with E-state index < -0.39 is 82.2 Å². The molecule has 0 spiro atoms. The number of nitrogens with zero attached hydrogens (tertiary/aromatic N) is 1. The summed E-state index contributed by atoms with van der Waals surface area (Å²) in [7, 11) is -3.33. The number of carbonyl (C=O) groups excluding carboxylic acids is 1. The molecule has 10 nitrogen and oxygen atoms in total. The molecule has 1 saturated heterocycles. The third-order valence-electron chi connectivity index (χ3n) is 7.38. The lowest BCUT2D eigenvalue weighted by Gasteiger charge is -2.36. The first-order valence-corrected chi connectivity index (χ1v) is 17.2. The highest BCUT2D eigenvalue weighted by molar-refractivity contribution is 7.90. The second-order valence-corrected chi connectivity index (χ2v) is 14.0. The van der Waals surface area contributed by atoms with Crippen molar-refractivity contribution < 1.29 is 58.5 Å². The fourth-order valence-electron chi connectivity index (χ4n) is 5.38. The number of aliphatic hydroxyl groups is 1. The summed E-state index contributed by atoms with van der Waals surface area (Å²) in [6.07, 6.45) is -7.72. The molecule has 0 saturated carbocycles. The van der Waals surface area contributed by atoms with Gasteiger partial charge in [0.05, 0.1) is 52.7 Å². The molecule has 3 unspecified atom stereocenters. The standard InChI is InChI=1S/C31H33F7N4O6S2/c1-17(43)41-50(45,46)28-12-26(48-30(34)35)25(11-21(28)32)39-9-4-7-27-20(13-31(36,37)38)19-5-3-6-24(29(19)49-27)40-23-8-10-42(15-22(23)33)14-18(44)16-47-2/h3,5-6,11-12,18,22-23,30,39-40,44H,8-10,13-16H2,1-2H3,(H,41,43). The van der Waals surface area contributed by atoms with Gasteiger partial charge in [-0.05, 0) is 23.4 Å². The lowest BCUT2D eigenvalue weighted by atomic mass is 10.0. The van der Waals surface area contributed by atoms with Gasteiger partial charge in [-0.3, -0.25) is 9.69 Å². The van der Waals surface area contributed by atoms with E-state index >= 15 is 4.39 Å². The quantitative estimate of drug-likeness (QED) is 0.143. The van der Waals surface area contributed by atoms with Gasteiger partial charge < -0.3 is 25.2 Å². The zero-order valence-corrected chi connectivity index (χ0v) is 28.2. The third-order valence-corrected chi connectivity index (χ3v) is 10.0. The van der Waals surface area contributed by atoms with Gasteiger partial charge in [-0.25, -0.2) is 21.9 Å². The molecule has 4 rings (SSSR count). The highest BCUT2D eigenvalue weighted by Crippen LogP contribution is 2.40. The van der Waals surface area contributed by atoms with Gasteiger partial charge in [0.1, 0.15) is 16.9 Å². The number of rotatable bonds is 13. The molecule has 3 aromatic rings. The van der Waals surface area contributed by atoms with Gasteiger partial charge in [0.25, 0.3) is 10.0 Å². The van der Waals surface area contributed by atoms with Crippen LogP contribution < -0.4 is 20.1 Å². The van der Waals surface area contributed by atoms with E-state index in [1.165, 1.54) is 24.0 Å². The molecule has 0 aliphatic carbocycles. The van der Waals surface area contributed by atoms with Crippen LogP contribution in [0.15, 0.2) is 35.2 Å². The van der Waals surface area contributed by atoms with Crippen molar-refractivity contribution in [2.75, 3.05) is 50.5 Å². The van der Waals surface area contributed by atoms with Crippen molar-refractivity contribution >= 4 is 48.7 Å². The maximum Gasteiger partial charge on any atom is 0.393 e. The van der Waals surface area contributed by atoms with Crippen LogP contribution in [0.25, 0.3) is 10.1 Å². The summed E-state index contributed by atoms with van der Waals surface area (Å²) in [5.74, 6) is 1.93. The topological polar surface area (TPSA) is 129 Å². The monoisotopic (exact) mass is 754 g/mol. The van der Waals surface area contributed by atoms with Crippen molar-refractivity contribution in [3.63, 3.8) is 0 Å². The number of amides is 1. The van der Waals surface area contributed by atoms with E-state index in [0.29, 0.717) is 35.5 Å². The average Bonchev–Trinajstić information content (AvgIpc) is 3.33. The number of β-amino-alcohol motifs (C(OH)–C–C–N with tert-alkyl or cyclic N) is 1. The van der Waals surface area contributed by atoms with Crippen LogP contribution >= 0.6 is 11.3 Å². The zero-order valence-electron chi connectivity index (χ0n) is 26.5. The molecule has 274 valence electrons. The van der Waals surface area contributed by atoms with E-state index in [1.54, 1.807) is 11.0 Å². The highest BCUT2D eigenvalue weighted by atomic mass is 32.2. The van der Waals surface area contributed by atoms with Crippen LogP contribution in [-0.4, -0.2) is 95.3 Å². The Morgan fingerprint density at radius 2 is 1.96 bits per heavy atom. The number of hydrogen-bond donors (Lipinski definition) is 4.